The molecule has 30 heavy (non-hydrogen) atoms. The van der Waals surface area contributed by atoms with Crippen molar-refractivity contribution < 1.29 is 28.7 Å². The van der Waals surface area contributed by atoms with Gasteiger partial charge in [-0.2, -0.15) is 0 Å². The molecular formula is C23H27N2O5+. The van der Waals surface area contributed by atoms with Crippen LogP contribution in [0.25, 0.3) is 5.76 Å². The lowest BCUT2D eigenvalue weighted by Crippen LogP contribution is -3.14. The molecule has 4 rings (SSSR count). The molecule has 0 aliphatic carbocycles. The number of benzene rings is 1. The SMILES string of the molecule is Cc1ccc([C@@H]2C(=C(O)c3ccccc3)C(=O)C(=O)N2CCC[NH+]2CCOCC2)o1. The predicted octanol–water partition coefficient (Wildman–Crippen LogP) is 1.31. The van der Waals surface area contributed by atoms with Gasteiger partial charge in [0.1, 0.15) is 36.4 Å². The average Bonchev–Trinajstić information content (AvgIpc) is 3.31. The number of nitrogens with one attached hydrogen (secondary N) is 1. The minimum Gasteiger partial charge on any atom is -0.507 e. The summed E-state index contributed by atoms with van der Waals surface area (Å²) in [4.78, 5) is 28.8. The molecular weight excluding hydrogens is 384 g/mol. The Balaban J connectivity index is 1.63. The Morgan fingerprint density at radius 1 is 1.13 bits per heavy atom. The number of aliphatic hydroxyl groups excluding tert-OH is 1. The molecule has 2 aliphatic heterocycles. The molecule has 0 spiro atoms. The second kappa shape index (κ2) is 8.85. The number of aryl methyl sites for hydroxylation is 1. The summed E-state index contributed by atoms with van der Waals surface area (Å²) in [6.45, 7) is 6.54. The van der Waals surface area contributed by atoms with E-state index in [1.807, 2.05) is 13.0 Å². The summed E-state index contributed by atoms with van der Waals surface area (Å²) in [5, 5.41) is 10.9. The molecule has 0 saturated carbocycles. The third kappa shape index (κ3) is 4.04. The molecule has 1 aromatic carbocycles. The molecule has 158 valence electrons. The van der Waals surface area contributed by atoms with Gasteiger partial charge >= 0.3 is 0 Å². The summed E-state index contributed by atoms with van der Waals surface area (Å²) >= 11 is 0. The first-order chi connectivity index (χ1) is 14.6. The number of rotatable bonds is 6. The summed E-state index contributed by atoms with van der Waals surface area (Å²) in [5.74, 6) is -0.261. The number of nitrogens with zero attached hydrogens (tertiary/aromatic N) is 1. The van der Waals surface area contributed by atoms with Gasteiger partial charge in [0.25, 0.3) is 11.7 Å². The molecule has 1 atom stereocenters. The van der Waals surface area contributed by atoms with Gasteiger partial charge in [-0.3, -0.25) is 9.59 Å². The van der Waals surface area contributed by atoms with Gasteiger partial charge in [0, 0.05) is 18.5 Å². The first kappa shape index (κ1) is 20.4. The van der Waals surface area contributed by atoms with Crippen molar-refractivity contribution >= 4 is 17.4 Å². The Morgan fingerprint density at radius 2 is 1.87 bits per heavy atom. The number of hydrogen-bond acceptors (Lipinski definition) is 5. The number of Topliss-reactive ketones (excluding diaryl/α,β-unsaturated/α-hetero) is 1. The van der Waals surface area contributed by atoms with Crippen molar-refractivity contribution in [3.63, 3.8) is 0 Å². The first-order valence-electron chi connectivity index (χ1n) is 10.4. The van der Waals surface area contributed by atoms with Crippen molar-refractivity contribution in [1.82, 2.24) is 4.90 Å². The maximum absolute atomic E-state index is 12.9. The van der Waals surface area contributed by atoms with Crippen LogP contribution in [0.15, 0.2) is 52.5 Å². The third-order valence-electron chi connectivity index (χ3n) is 5.75. The van der Waals surface area contributed by atoms with E-state index < -0.39 is 17.7 Å². The van der Waals surface area contributed by atoms with E-state index in [1.165, 1.54) is 9.80 Å². The Morgan fingerprint density at radius 3 is 2.53 bits per heavy atom. The maximum Gasteiger partial charge on any atom is 0.295 e. The van der Waals surface area contributed by atoms with Gasteiger partial charge in [-0.25, -0.2) is 0 Å². The van der Waals surface area contributed by atoms with Crippen LogP contribution in [0.4, 0.5) is 0 Å². The van der Waals surface area contributed by atoms with Crippen LogP contribution in [0.3, 0.4) is 0 Å². The zero-order chi connectivity index (χ0) is 21.1. The minimum absolute atomic E-state index is 0.0827. The van der Waals surface area contributed by atoms with Crippen LogP contribution in [-0.2, 0) is 14.3 Å². The zero-order valence-corrected chi connectivity index (χ0v) is 17.1. The monoisotopic (exact) mass is 411 g/mol. The van der Waals surface area contributed by atoms with E-state index in [4.69, 9.17) is 9.15 Å². The van der Waals surface area contributed by atoms with Gasteiger partial charge in [0.2, 0.25) is 0 Å². The number of ketones is 1. The van der Waals surface area contributed by atoms with E-state index in [2.05, 4.69) is 0 Å². The summed E-state index contributed by atoms with van der Waals surface area (Å²) in [7, 11) is 0. The number of carbonyl (C=O) groups excluding carboxylic acids is 2. The molecule has 7 heteroatoms. The van der Waals surface area contributed by atoms with Crippen molar-refractivity contribution in [3.05, 3.63) is 65.1 Å². The van der Waals surface area contributed by atoms with Crippen molar-refractivity contribution in [2.75, 3.05) is 39.4 Å². The number of furan rings is 1. The smallest absolute Gasteiger partial charge is 0.295 e. The van der Waals surface area contributed by atoms with Crippen molar-refractivity contribution in [2.24, 2.45) is 0 Å². The normalized spacial score (nSPS) is 22.0. The van der Waals surface area contributed by atoms with Crippen LogP contribution in [0.2, 0.25) is 0 Å². The predicted molar refractivity (Wildman–Crippen MR) is 110 cm³/mol. The fraction of sp³-hybridized carbons (Fsp3) is 0.391. The van der Waals surface area contributed by atoms with E-state index in [-0.39, 0.29) is 11.3 Å². The molecule has 2 saturated heterocycles. The van der Waals surface area contributed by atoms with E-state index in [0.717, 1.165) is 39.3 Å². The molecule has 2 N–H and O–H groups in total. The molecule has 2 fully saturated rings. The number of hydrogen-bond donors (Lipinski definition) is 2. The zero-order valence-electron chi connectivity index (χ0n) is 17.1. The average molecular weight is 411 g/mol. The second-order valence-electron chi connectivity index (χ2n) is 7.77. The fourth-order valence-corrected chi connectivity index (χ4v) is 4.17. The number of aliphatic hydroxyl groups is 1. The van der Waals surface area contributed by atoms with Crippen LogP contribution in [0.1, 0.15) is 29.5 Å². The van der Waals surface area contributed by atoms with Gasteiger partial charge in [0.05, 0.1) is 25.3 Å². The molecule has 1 amide bonds. The van der Waals surface area contributed by atoms with Crippen LogP contribution < -0.4 is 4.90 Å². The van der Waals surface area contributed by atoms with Gasteiger partial charge in [0.15, 0.2) is 0 Å². The fourth-order valence-electron chi connectivity index (χ4n) is 4.17. The van der Waals surface area contributed by atoms with Gasteiger partial charge in [-0.1, -0.05) is 30.3 Å². The molecule has 1 aromatic heterocycles. The number of morpholine rings is 1. The van der Waals surface area contributed by atoms with Crippen molar-refractivity contribution in [3.8, 4) is 0 Å². The Bertz CT molecular complexity index is 944. The maximum atomic E-state index is 12.9. The third-order valence-corrected chi connectivity index (χ3v) is 5.75. The standard InChI is InChI=1S/C23H26N2O5/c1-16-8-9-18(30-16)20-19(21(26)17-6-3-2-4-7-17)22(27)23(28)25(20)11-5-10-24-12-14-29-15-13-24/h2-4,6-9,20,26H,5,10-15H2,1H3/p+1/t20-/m1/s1. The van der Waals surface area contributed by atoms with E-state index in [0.29, 0.717) is 23.6 Å². The van der Waals surface area contributed by atoms with Crippen molar-refractivity contribution in [2.45, 2.75) is 19.4 Å². The number of likely N-dealkylation sites (tertiary alicyclic amines) is 1. The lowest BCUT2D eigenvalue weighted by Gasteiger charge is -2.26. The first-order valence-corrected chi connectivity index (χ1v) is 10.4. The van der Waals surface area contributed by atoms with Crippen LogP contribution >= 0.6 is 0 Å². The Hall–Kier alpha value is -2.90. The van der Waals surface area contributed by atoms with Gasteiger partial charge < -0.3 is 24.1 Å². The van der Waals surface area contributed by atoms with Crippen LogP contribution in [0, 0.1) is 6.92 Å². The highest BCUT2D eigenvalue weighted by Gasteiger charge is 2.47. The molecule has 3 heterocycles. The van der Waals surface area contributed by atoms with E-state index in [9.17, 15) is 14.7 Å². The Labute approximate surface area is 175 Å². The summed E-state index contributed by atoms with van der Waals surface area (Å²) in [6.07, 6.45) is 0.754. The molecule has 2 aliphatic rings. The van der Waals surface area contributed by atoms with Crippen LogP contribution in [-0.4, -0.2) is 61.1 Å². The Kier molecular flexibility index (Phi) is 6.01. The summed E-state index contributed by atoms with van der Waals surface area (Å²) in [5.41, 5.74) is 0.584. The van der Waals surface area contributed by atoms with E-state index in [1.54, 1.807) is 36.4 Å². The molecule has 0 bridgehead atoms. The summed E-state index contributed by atoms with van der Waals surface area (Å²) < 4.78 is 11.2. The summed E-state index contributed by atoms with van der Waals surface area (Å²) in [6, 6.07) is 11.7. The molecule has 7 nitrogen and oxygen atoms in total. The quantitative estimate of drug-likeness (QED) is 0.426. The van der Waals surface area contributed by atoms with Crippen molar-refractivity contribution in [1.29, 1.82) is 0 Å². The highest BCUT2D eigenvalue weighted by atomic mass is 16.5. The largest absolute Gasteiger partial charge is 0.507 e. The number of amides is 1. The molecule has 0 radical (unpaired) electrons. The van der Waals surface area contributed by atoms with Gasteiger partial charge in [-0.15, -0.1) is 0 Å². The lowest BCUT2D eigenvalue weighted by molar-refractivity contribution is -0.908. The molecule has 0 unspecified atom stereocenters. The second-order valence-corrected chi connectivity index (χ2v) is 7.77. The number of carbonyl (C=O) groups is 2. The lowest BCUT2D eigenvalue weighted by atomic mass is 9.99. The number of ether oxygens (including phenoxy) is 1. The van der Waals surface area contributed by atoms with E-state index >= 15 is 0 Å². The number of quaternary nitrogens is 1. The topological polar surface area (TPSA) is 84.4 Å². The highest BCUT2D eigenvalue weighted by molar-refractivity contribution is 6.46. The van der Waals surface area contributed by atoms with Gasteiger partial charge in [-0.05, 0) is 19.1 Å². The highest BCUT2D eigenvalue weighted by Crippen LogP contribution is 2.39. The minimum atomic E-state index is -0.724. The molecule has 2 aromatic rings. The van der Waals surface area contributed by atoms with Crippen LogP contribution in [0.5, 0.6) is 0 Å².